The van der Waals surface area contributed by atoms with Crippen LogP contribution in [-0.2, 0) is 23.2 Å². The van der Waals surface area contributed by atoms with E-state index >= 15 is 0 Å². The van der Waals surface area contributed by atoms with Crippen molar-refractivity contribution in [3.8, 4) is 0 Å². The van der Waals surface area contributed by atoms with Gasteiger partial charge in [-0.15, -0.1) is 0 Å². The van der Waals surface area contributed by atoms with Crippen molar-refractivity contribution in [3.63, 3.8) is 0 Å². The Morgan fingerprint density at radius 2 is 1.12 bits per heavy atom. The summed E-state index contributed by atoms with van der Waals surface area (Å²) in [5, 5.41) is 0. The third kappa shape index (κ3) is 4.23. The van der Waals surface area contributed by atoms with Crippen LogP contribution in [-0.4, -0.2) is 0 Å². The maximum Gasteiger partial charge on any atom is -1.00 e. The zero-order valence-electron chi connectivity index (χ0n) is 10.8. The summed E-state index contributed by atoms with van der Waals surface area (Å²) >= 11 is -0.417. The normalized spacial score (nSPS) is 18.4. The van der Waals surface area contributed by atoms with Crippen LogP contribution in [0.1, 0.15) is 40.5 Å². The van der Waals surface area contributed by atoms with E-state index in [1.807, 2.05) is 0 Å². The Morgan fingerprint density at radius 1 is 0.765 bits per heavy atom. The van der Waals surface area contributed by atoms with Crippen molar-refractivity contribution in [2.75, 3.05) is 0 Å². The van der Waals surface area contributed by atoms with E-state index in [-0.39, 0.29) is 24.8 Å². The van der Waals surface area contributed by atoms with Gasteiger partial charge in [0.2, 0.25) is 0 Å². The van der Waals surface area contributed by atoms with Gasteiger partial charge in [-0.2, -0.15) is 0 Å². The number of hydrogen-bond acceptors (Lipinski definition) is 0. The summed E-state index contributed by atoms with van der Waals surface area (Å²) < 4.78 is 3.53. The molecule has 0 saturated carbocycles. The molecule has 0 saturated heterocycles. The number of halogens is 2. The zero-order valence-corrected chi connectivity index (χ0v) is 14.8. The Balaban J connectivity index is 0.00000128. The summed E-state index contributed by atoms with van der Waals surface area (Å²) in [6, 6.07) is 0. The fraction of sp³-hybridized carbons (Fsp3) is 0.429. The first-order valence-electron chi connectivity index (χ1n) is 5.57. The Hall–Kier alpha value is 0.423. The van der Waals surface area contributed by atoms with E-state index in [0.717, 1.165) is 0 Å². The third-order valence-corrected chi connectivity index (χ3v) is 6.52. The summed E-state index contributed by atoms with van der Waals surface area (Å²) in [6.45, 7) is 9.05. The van der Waals surface area contributed by atoms with Gasteiger partial charge in [0.05, 0.1) is 0 Å². The van der Waals surface area contributed by atoms with Crippen LogP contribution < -0.4 is 24.8 Å². The molecule has 0 radical (unpaired) electrons. The van der Waals surface area contributed by atoms with E-state index in [4.69, 9.17) is 0 Å². The van der Waals surface area contributed by atoms with Crippen molar-refractivity contribution >= 4 is 0 Å². The maximum absolute atomic E-state index is 2.45. The van der Waals surface area contributed by atoms with Gasteiger partial charge in [0, 0.05) is 0 Å². The monoisotopic (exact) mass is 346 g/mol. The molecule has 0 bridgehead atoms. The smallest absolute Gasteiger partial charge is 1.00 e. The van der Waals surface area contributed by atoms with Crippen molar-refractivity contribution < 1.29 is 48.0 Å². The van der Waals surface area contributed by atoms with Gasteiger partial charge in [0.15, 0.2) is 0 Å². The minimum atomic E-state index is -0.417. The van der Waals surface area contributed by atoms with Crippen LogP contribution in [0.25, 0.3) is 0 Å². The first kappa shape index (κ1) is 17.4. The molecule has 2 aliphatic carbocycles. The van der Waals surface area contributed by atoms with Crippen molar-refractivity contribution in [2.24, 2.45) is 0 Å². The van der Waals surface area contributed by atoms with Gasteiger partial charge < -0.3 is 24.8 Å². The summed E-state index contributed by atoms with van der Waals surface area (Å²) in [7, 11) is 0. The molecule has 0 spiro atoms. The molecule has 0 heterocycles. The zero-order chi connectivity index (χ0) is 11.0. The Labute approximate surface area is 129 Å². The molecule has 3 heteroatoms. The number of rotatable bonds is 2. The van der Waals surface area contributed by atoms with Crippen molar-refractivity contribution in [2.45, 2.75) is 40.5 Å². The van der Waals surface area contributed by atoms with Crippen molar-refractivity contribution in [1.29, 1.82) is 0 Å². The van der Waals surface area contributed by atoms with Gasteiger partial charge in [-0.05, 0) is 0 Å². The molecule has 17 heavy (non-hydrogen) atoms. The second-order valence-electron chi connectivity index (χ2n) is 4.74. The largest absolute Gasteiger partial charge is 1.00 e. The van der Waals surface area contributed by atoms with Gasteiger partial charge >= 0.3 is 105 Å². The fourth-order valence-corrected chi connectivity index (χ4v) is 6.26. The predicted octanol–water partition coefficient (Wildman–Crippen LogP) is -1.68. The van der Waals surface area contributed by atoms with E-state index < -0.39 is 23.2 Å². The molecular formula is C14H18Cl2Zr. The average Bonchev–Trinajstić information content (AvgIpc) is 2.59. The second-order valence-corrected chi connectivity index (χ2v) is 8.52. The van der Waals surface area contributed by atoms with Crippen LogP contribution in [0.2, 0.25) is 0 Å². The molecule has 0 N–H and O–H groups in total. The van der Waals surface area contributed by atoms with Crippen LogP contribution >= 0.6 is 0 Å². The van der Waals surface area contributed by atoms with E-state index in [2.05, 4.69) is 39.8 Å². The minimum Gasteiger partial charge on any atom is -1.00 e. The molecule has 2 aliphatic rings. The molecular weight excluding hydrogens is 330 g/mol. The van der Waals surface area contributed by atoms with Crippen LogP contribution in [0, 0.1) is 0 Å². The molecule has 0 fully saturated rings. The van der Waals surface area contributed by atoms with Crippen LogP contribution in [0.15, 0.2) is 41.0 Å². The third-order valence-electron chi connectivity index (χ3n) is 3.36. The average molecular weight is 348 g/mol. The first-order chi connectivity index (χ1) is 7.06. The molecule has 0 amide bonds. The van der Waals surface area contributed by atoms with Gasteiger partial charge in [0.1, 0.15) is 0 Å². The second kappa shape index (κ2) is 7.12. The molecule has 0 aliphatic heterocycles. The van der Waals surface area contributed by atoms with Gasteiger partial charge in [-0.3, -0.25) is 0 Å². The van der Waals surface area contributed by atoms with E-state index in [1.165, 1.54) is 24.0 Å². The van der Waals surface area contributed by atoms with Gasteiger partial charge in [-0.1, -0.05) is 0 Å². The van der Waals surface area contributed by atoms with Crippen molar-refractivity contribution in [1.82, 2.24) is 0 Å². The summed E-state index contributed by atoms with van der Waals surface area (Å²) in [4.78, 5) is 0. The Kier molecular flexibility index (Phi) is 7.30. The standard InChI is InChI=1S/2C7H9.2ClH.Zr/c2*1-6-4-3-5-7(6)2;;;/h2*4H,5H2,1-2H3;2*1H;/q;;;;+2/p-2. The van der Waals surface area contributed by atoms with E-state index in [9.17, 15) is 0 Å². The first-order valence-corrected chi connectivity index (χ1v) is 8.03. The molecule has 0 aromatic heterocycles. The fourth-order valence-electron chi connectivity index (χ4n) is 2.09. The maximum atomic E-state index is 2.45. The Bertz CT molecular complexity index is 386. The number of allylic oxidation sites excluding steroid dienone is 8. The quantitative estimate of drug-likeness (QED) is 0.560. The SMILES string of the molecule is CC1=C(C)C[C]([Zr+2][C]2=CC(C)=C(C)C2)=C1.[Cl-].[Cl-]. The molecule has 0 unspecified atom stereocenters. The molecule has 0 aromatic rings. The van der Waals surface area contributed by atoms with Gasteiger partial charge in [-0.25, -0.2) is 0 Å². The predicted molar refractivity (Wildman–Crippen MR) is 62.1 cm³/mol. The number of hydrogen-bond donors (Lipinski definition) is 0. The van der Waals surface area contributed by atoms with Crippen LogP contribution in [0.5, 0.6) is 0 Å². The van der Waals surface area contributed by atoms with E-state index in [1.54, 1.807) is 17.7 Å². The topological polar surface area (TPSA) is 0 Å². The molecule has 0 atom stereocenters. The van der Waals surface area contributed by atoms with Gasteiger partial charge in [0.25, 0.3) is 0 Å². The molecule has 92 valence electrons. The summed E-state index contributed by atoms with van der Waals surface area (Å²) in [5.74, 6) is 0. The van der Waals surface area contributed by atoms with Crippen LogP contribution in [0.3, 0.4) is 0 Å². The minimum absolute atomic E-state index is 0. The molecule has 0 aromatic carbocycles. The van der Waals surface area contributed by atoms with Crippen molar-refractivity contribution in [3.05, 3.63) is 41.0 Å². The summed E-state index contributed by atoms with van der Waals surface area (Å²) in [6.07, 6.45) is 7.44. The summed E-state index contributed by atoms with van der Waals surface area (Å²) in [5.41, 5.74) is 6.22. The molecule has 0 nitrogen and oxygen atoms in total. The molecule has 2 rings (SSSR count). The Morgan fingerprint density at radius 3 is 1.35 bits per heavy atom. The van der Waals surface area contributed by atoms with Crippen LogP contribution in [0.4, 0.5) is 0 Å². The van der Waals surface area contributed by atoms with E-state index in [0.29, 0.717) is 0 Å².